The van der Waals surface area contributed by atoms with Gasteiger partial charge >= 0.3 is 0 Å². The van der Waals surface area contributed by atoms with Crippen molar-refractivity contribution in [3.05, 3.63) is 41.8 Å². The Morgan fingerprint density at radius 3 is 2.34 bits per heavy atom. The summed E-state index contributed by atoms with van der Waals surface area (Å²) >= 11 is 6.39. The molecule has 35 heavy (non-hydrogen) atoms. The number of hydrogen-bond donors (Lipinski definition) is 2. The van der Waals surface area contributed by atoms with Gasteiger partial charge in [0.2, 0.25) is 5.95 Å². The van der Waals surface area contributed by atoms with Gasteiger partial charge in [0.15, 0.2) is 11.6 Å². The molecule has 2 saturated heterocycles. The molecule has 4 rings (SSSR count). The molecule has 0 amide bonds. The van der Waals surface area contributed by atoms with E-state index in [1.54, 1.807) is 0 Å². The van der Waals surface area contributed by atoms with Crippen molar-refractivity contribution in [2.45, 2.75) is 69.7 Å². The number of rotatable bonds is 6. The summed E-state index contributed by atoms with van der Waals surface area (Å²) in [7, 11) is 4.22. The van der Waals surface area contributed by atoms with E-state index in [4.69, 9.17) is 11.6 Å². The second-order valence-corrected chi connectivity index (χ2v) is 11.8. The highest BCUT2D eigenvalue weighted by atomic mass is 35.5. The van der Waals surface area contributed by atoms with E-state index in [1.807, 2.05) is 12.1 Å². The molecule has 2 N–H and O–H groups in total. The van der Waals surface area contributed by atoms with E-state index < -0.39 is 5.82 Å². The number of benzene rings is 1. The van der Waals surface area contributed by atoms with E-state index >= 15 is 0 Å². The molecule has 0 bridgehead atoms. The number of aromatic nitrogens is 2. The molecule has 7 nitrogen and oxygen atoms in total. The minimum absolute atomic E-state index is 0.000542. The molecule has 0 aliphatic carbocycles. The molecule has 0 spiro atoms. The predicted molar refractivity (Wildman–Crippen MR) is 142 cm³/mol. The third-order valence-corrected chi connectivity index (χ3v) is 8.14. The van der Waals surface area contributed by atoms with Crippen LogP contribution in [0.5, 0.6) is 0 Å². The standard InChI is InChI=1S/C26H39ClFN7/c1-25(2)13-20(14-26(3,4)34(25)6)30-23-21(28)15-29-24(32-23)31-19-9-7-18(8-10-19)16-35-12-11-33(5)22(27)17-35/h7-10,15,20,22H,11-14,16-17H2,1-6H3,(H2,29,30,31,32). The number of piperazine rings is 1. The lowest BCUT2D eigenvalue weighted by atomic mass is 9.77. The molecule has 1 unspecified atom stereocenters. The van der Waals surface area contributed by atoms with Crippen molar-refractivity contribution < 1.29 is 4.39 Å². The molecule has 1 atom stereocenters. The van der Waals surface area contributed by atoms with Gasteiger partial charge in [0.05, 0.1) is 11.7 Å². The first kappa shape index (κ1) is 26.1. The fourth-order valence-electron chi connectivity index (χ4n) is 5.30. The lowest BCUT2D eigenvalue weighted by Crippen LogP contribution is -2.61. The van der Waals surface area contributed by atoms with Crippen molar-refractivity contribution in [3.8, 4) is 0 Å². The third kappa shape index (κ3) is 6.23. The average Bonchev–Trinajstić information content (AvgIpc) is 2.78. The number of anilines is 3. The van der Waals surface area contributed by atoms with E-state index in [0.717, 1.165) is 44.7 Å². The summed E-state index contributed by atoms with van der Waals surface area (Å²) in [6.07, 6.45) is 3.03. The summed E-state index contributed by atoms with van der Waals surface area (Å²) in [5.74, 6) is 0.174. The topological polar surface area (TPSA) is 59.6 Å². The Kier molecular flexibility index (Phi) is 7.57. The maximum absolute atomic E-state index is 14.6. The van der Waals surface area contributed by atoms with Crippen LogP contribution < -0.4 is 10.6 Å². The molecule has 0 saturated carbocycles. The molecule has 2 aliphatic heterocycles. The molecule has 9 heteroatoms. The second kappa shape index (κ2) is 10.2. The highest BCUT2D eigenvalue weighted by Crippen LogP contribution is 2.38. The number of hydrogen-bond acceptors (Lipinski definition) is 7. The number of likely N-dealkylation sites (tertiary alicyclic amines) is 1. The predicted octanol–water partition coefficient (Wildman–Crippen LogP) is 4.73. The lowest BCUT2D eigenvalue weighted by Gasteiger charge is -2.53. The van der Waals surface area contributed by atoms with E-state index in [9.17, 15) is 4.39 Å². The smallest absolute Gasteiger partial charge is 0.229 e. The SMILES string of the molecule is CN1CCN(Cc2ccc(Nc3ncc(F)c(NC4CC(C)(C)N(C)C(C)(C)C4)n3)cc2)CC1Cl. The van der Waals surface area contributed by atoms with Crippen molar-refractivity contribution in [1.82, 2.24) is 24.7 Å². The lowest BCUT2D eigenvalue weighted by molar-refractivity contribution is -0.00778. The van der Waals surface area contributed by atoms with E-state index in [2.05, 4.69) is 89.2 Å². The van der Waals surface area contributed by atoms with Gasteiger partial charge in [0, 0.05) is 49.0 Å². The summed E-state index contributed by atoms with van der Waals surface area (Å²) in [5, 5.41) is 6.57. The number of piperidine rings is 1. The highest BCUT2D eigenvalue weighted by molar-refractivity contribution is 6.20. The average molecular weight is 504 g/mol. The van der Waals surface area contributed by atoms with Gasteiger partial charge in [-0.3, -0.25) is 14.7 Å². The first-order valence-electron chi connectivity index (χ1n) is 12.4. The number of alkyl halides is 1. The van der Waals surface area contributed by atoms with Crippen molar-refractivity contribution in [2.75, 3.05) is 44.4 Å². The molecule has 0 radical (unpaired) electrons. The van der Waals surface area contributed by atoms with Crippen LogP contribution in [0.15, 0.2) is 30.5 Å². The molecule has 3 heterocycles. The van der Waals surface area contributed by atoms with Crippen molar-refractivity contribution in [1.29, 1.82) is 0 Å². The summed E-state index contributed by atoms with van der Waals surface area (Å²) in [5.41, 5.74) is 2.14. The van der Waals surface area contributed by atoms with Crippen molar-refractivity contribution >= 4 is 29.1 Å². The summed E-state index contributed by atoms with van der Waals surface area (Å²) in [6.45, 7) is 12.6. The summed E-state index contributed by atoms with van der Waals surface area (Å²) in [6, 6.07) is 8.32. The van der Waals surface area contributed by atoms with Gasteiger partial charge in [-0.25, -0.2) is 9.37 Å². The van der Waals surface area contributed by atoms with Gasteiger partial charge in [0.1, 0.15) is 0 Å². The second-order valence-electron chi connectivity index (χ2n) is 11.3. The Morgan fingerprint density at radius 1 is 1.06 bits per heavy atom. The minimum atomic E-state index is -0.440. The molecule has 192 valence electrons. The first-order chi connectivity index (χ1) is 16.4. The minimum Gasteiger partial charge on any atom is -0.365 e. The van der Waals surface area contributed by atoms with E-state index in [-0.39, 0.29) is 28.4 Å². The molecule has 1 aromatic heterocycles. The summed E-state index contributed by atoms with van der Waals surface area (Å²) in [4.78, 5) is 15.6. The zero-order valence-electron chi connectivity index (χ0n) is 21.8. The number of nitrogens with one attached hydrogen (secondary N) is 2. The summed E-state index contributed by atoms with van der Waals surface area (Å²) < 4.78 is 14.6. The monoisotopic (exact) mass is 503 g/mol. The zero-order chi connectivity index (χ0) is 25.4. The molecule has 2 fully saturated rings. The van der Waals surface area contributed by atoms with Crippen molar-refractivity contribution in [3.63, 3.8) is 0 Å². The van der Waals surface area contributed by atoms with Gasteiger partial charge < -0.3 is 10.6 Å². The number of halogens is 2. The maximum Gasteiger partial charge on any atom is 0.229 e. The zero-order valence-corrected chi connectivity index (χ0v) is 22.5. The van der Waals surface area contributed by atoms with Gasteiger partial charge in [0.25, 0.3) is 0 Å². The van der Waals surface area contributed by atoms with Gasteiger partial charge in [-0.2, -0.15) is 4.98 Å². The Bertz CT molecular complexity index is 995. The third-order valence-electron chi connectivity index (χ3n) is 7.67. The number of likely N-dealkylation sites (N-methyl/N-ethyl adjacent to an activating group) is 1. The van der Waals surface area contributed by atoms with Gasteiger partial charge in [-0.05, 0) is 72.3 Å². The molecule has 2 aromatic rings. The Morgan fingerprint density at radius 2 is 1.71 bits per heavy atom. The fraction of sp³-hybridized carbons (Fsp3) is 0.615. The van der Waals surface area contributed by atoms with E-state index in [0.29, 0.717) is 5.95 Å². The van der Waals surface area contributed by atoms with Crippen LogP contribution in [0.25, 0.3) is 0 Å². The van der Waals surface area contributed by atoms with Crippen LogP contribution in [0.3, 0.4) is 0 Å². The van der Waals surface area contributed by atoms with Crippen LogP contribution >= 0.6 is 11.6 Å². The quantitative estimate of drug-likeness (QED) is 0.436. The van der Waals surface area contributed by atoms with Crippen molar-refractivity contribution in [2.24, 2.45) is 0 Å². The largest absolute Gasteiger partial charge is 0.365 e. The molecular weight excluding hydrogens is 465 g/mol. The Hall–Kier alpha value is -2.00. The van der Waals surface area contributed by atoms with Crippen LogP contribution in [0.1, 0.15) is 46.1 Å². The van der Waals surface area contributed by atoms with Crippen LogP contribution in [-0.2, 0) is 6.54 Å². The van der Waals surface area contributed by atoms with Crippen LogP contribution in [0.4, 0.5) is 21.8 Å². The van der Waals surface area contributed by atoms with E-state index in [1.165, 1.54) is 11.8 Å². The van der Waals surface area contributed by atoms with Gasteiger partial charge in [-0.1, -0.05) is 12.1 Å². The van der Waals surface area contributed by atoms with Gasteiger partial charge in [-0.15, -0.1) is 11.6 Å². The van der Waals surface area contributed by atoms with Crippen LogP contribution in [-0.4, -0.2) is 81.0 Å². The molecule has 1 aromatic carbocycles. The first-order valence-corrected chi connectivity index (χ1v) is 12.8. The molecular formula is C26H39ClFN7. The Balaban J connectivity index is 1.39. The molecule has 2 aliphatic rings. The highest BCUT2D eigenvalue weighted by Gasteiger charge is 2.43. The maximum atomic E-state index is 14.6. The van der Waals surface area contributed by atoms with Crippen LogP contribution in [0.2, 0.25) is 0 Å². The normalized spacial score (nSPS) is 23.8. The van der Waals surface area contributed by atoms with Crippen LogP contribution in [0, 0.1) is 5.82 Å². The fourth-order valence-corrected chi connectivity index (χ4v) is 5.60. The Labute approximate surface area is 214 Å². The number of nitrogens with zero attached hydrogens (tertiary/aromatic N) is 5.